The summed E-state index contributed by atoms with van der Waals surface area (Å²) in [6.45, 7) is 0. The lowest BCUT2D eigenvalue weighted by atomic mass is 10.1. The van der Waals surface area contributed by atoms with Crippen molar-refractivity contribution in [2.45, 2.75) is 4.90 Å². The fraction of sp³-hybridized carbons (Fsp3) is 0.0952. The van der Waals surface area contributed by atoms with E-state index in [4.69, 9.17) is 21.1 Å². The highest BCUT2D eigenvalue weighted by molar-refractivity contribution is 7.90. The number of non-ortho nitro benzene ring substituents is 1. The number of anilines is 1. The molecule has 166 valence electrons. The maximum absolute atomic E-state index is 12.8. The number of ether oxygens (including phenoxy) is 2. The lowest BCUT2D eigenvalue weighted by Crippen LogP contribution is -2.14. The quantitative estimate of drug-likeness (QED) is 0.386. The number of hydrogen-bond donors (Lipinski definition) is 1. The molecule has 0 saturated heterocycles. The van der Waals surface area contributed by atoms with Crippen LogP contribution in [-0.4, -0.2) is 32.6 Å². The van der Waals surface area contributed by atoms with E-state index in [1.807, 2.05) is 0 Å². The van der Waals surface area contributed by atoms with Crippen molar-refractivity contribution in [3.63, 3.8) is 0 Å². The number of nitrogens with one attached hydrogen (secondary N) is 1. The van der Waals surface area contributed by atoms with Crippen LogP contribution in [0.2, 0.25) is 5.02 Å². The predicted molar refractivity (Wildman–Crippen MR) is 119 cm³/mol. The minimum atomic E-state index is -3.79. The van der Waals surface area contributed by atoms with Crippen LogP contribution >= 0.6 is 11.6 Å². The molecule has 0 spiro atoms. The van der Waals surface area contributed by atoms with Crippen LogP contribution in [0.4, 0.5) is 11.4 Å². The molecule has 3 rings (SSSR count). The van der Waals surface area contributed by atoms with Crippen molar-refractivity contribution >= 4 is 38.7 Å². The number of carbonyl (C=O) groups excluding carboxylic acids is 1. The van der Waals surface area contributed by atoms with Gasteiger partial charge in [-0.2, -0.15) is 0 Å². The molecule has 0 aliphatic heterocycles. The number of hydrogen-bond acceptors (Lipinski definition) is 7. The highest BCUT2D eigenvalue weighted by atomic mass is 35.5. The molecule has 1 amide bonds. The molecule has 0 radical (unpaired) electrons. The summed E-state index contributed by atoms with van der Waals surface area (Å²) in [4.78, 5) is 22.9. The highest BCUT2D eigenvalue weighted by Crippen LogP contribution is 2.33. The van der Waals surface area contributed by atoms with E-state index in [9.17, 15) is 23.3 Å². The summed E-state index contributed by atoms with van der Waals surface area (Å²) in [5, 5.41) is 14.1. The van der Waals surface area contributed by atoms with Crippen LogP contribution in [-0.2, 0) is 9.84 Å². The number of carbonyl (C=O) groups is 1. The fourth-order valence-corrected chi connectivity index (χ4v) is 3.54. The number of nitro groups is 1. The Morgan fingerprint density at radius 3 is 2.28 bits per heavy atom. The van der Waals surface area contributed by atoms with Gasteiger partial charge in [-0.15, -0.1) is 0 Å². The molecule has 9 nitrogen and oxygen atoms in total. The Labute approximate surface area is 188 Å². The lowest BCUT2D eigenvalue weighted by molar-refractivity contribution is -0.385. The maximum Gasteiger partial charge on any atom is 0.271 e. The first kappa shape index (κ1) is 23.0. The lowest BCUT2D eigenvalue weighted by Gasteiger charge is -2.13. The predicted octanol–water partition coefficient (Wildman–Crippen LogP) is 4.70. The Kier molecular flexibility index (Phi) is 6.66. The third-order valence-corrected chi connectivity index (χ3v) is 5.60. The Balaban J connectivity index is 1.94. The molecular formula is C21H17ClN2O7S. The van der Waals surface area contributed by atoms with Crippen molar-refractivity contribution in [1.82, 2.24) is 0 Å². The number of halogens is 1. The van der Waals surface area contributed by atoms with Gasteiger partial charge >= 0.3 is 0 Å². The van der Waals surface area contributed by atoms with E-state index in [1.165, 1.54) is 19.2 Å². The Morgan fingerprint density at radius 1 is 1.03 bits per heavy atom. The topological polar surface area (TPSA) is 125 Å². The molecule has 3 aromatic carbocycles. The van der Waals surface area contributed by atoms with E-state index in [2.05, 4.69) is 5.32 Å². The molecule has 0 atom stereocenters. The zero-order chi connectivity index (χ0) is 23.5. The molecular weight excluding hydrogens is 460 g/mol. The summed E-state index contributed by atoms with van der Waals surface area (Å²) in [6, 6.07) is 14.2. The van der Waals surface area contributed by atoms with E-state index < -0.39 is 26.4 Å². The molecule has 1 N–H and O–H groups in total. The summed E-state index contributed by atoms with van der Waals surface area (Å²) in [5.41, 5.74) is -0.556. The van der Waals surface area contributed by atoms with Gasteiger partial charge in [-0.05, 0) is 48.5 Å². The van der Waals surface area contributed by atoms with E-state index in [0.29, 0.717) is 16.5 Å². The van der Waals surface area contributed by atoms with Crippen molar-refractivity contribution in [2.24, 2.45) is 0 Å². The normalized spacial score (nSPS) is 11.0. The number of benzene rings is 3. The molecule has 0 aliphatic carbocycles. The van der Waals surface area contributed by atoms with Crippen molar-refractivity contribution in [3.05, 3.63) is 81.4 Å². The number of amides is 1. The number of nitrogens with zero attached hydrogens (tertiary/aromatic N) is 1. The van der Waals surface area contributed by atoms with Crippen LogP contribution in [0, 0.1) is 10.1 Å². The van der Waals surface area contributed by atoms with Gasteiger partial charge in [0.05, 0.1) is 22.6 Å². The van der Waals surface area contributed by atoms with Gasteiger partial charge in [0.25, 0.3) is 11.6 Å². The van der Waals surface area contributed by atoms with Crippen LogP contribution in [0.1, 0.15) is 10.4 Å². The minimum absolute atomic E-state index is 0.186. The second-order valence-corrected chi connectivity index (χ2v) is 9.07. The average molecular weight is 477 g/mol. The van der Waals surface area contributed by atoms with Gasteiger partial charge in [0.1, 0.15) is 11.5 Å². The Hall–Kier alpha value is -3.63. The summed E-state index contributed by atoms with van der Waals surface area (Å²) in [6.07, 6.45) is 0.894. The first-order chi connectivity index (χ1) is 15.1. The molecule has 0 heterocycles. The Morgan fingerprint density at radius 2 is 1.69 bits per heavy atom. The molecule has 0 fully saturated rings. The van der Waals surface area contributed by atoms with Crippen molar-refractivity contribution in [2.75, 3.05) is 18.7 Å². The van der Waals surface area contributed by atoms with Crippen molar-refractivity contribution in [1.29, 1.82) is 0 Å². The number of methoxy groups -OCH3 is 1. The maximum atomic E-state index is 12.8. The van der Waals surface area contributed by atoms with Crippen molar-refractivity contribution in [3.8, 4) is 17.2 Å². The van der Waals surface area contributed by atoms with Crippen LogP contribution < -0.4 is 14.8 Å². The molecule has 0 unspecified atom stereocenters. The van der Waals surface area contributed by atoms with Crippen LogP contribution in [0.15, 0.2) is 65.6 Å². The van der Waals surface area contributed by atoms with Gasteiger partial charge in [-0.3, -0.25) is 14.9 Å². The Bertz CT molecular complexity index is 1290. The van der Waals surface area contributed by atoms with E-state index in [0.717, 1.165) is 24.5 Å². The molecule has 3 aromatic rings. The molecule has 0 saturated carbocycles. The molecule has 0 aromatic heterocycles. The number of sulfone groups is 1. The van der Waals surface area contributed by atoms with Gasteiger partial charge in [-0.25, -0.2) is 8.42 Å². The monoisotopic (exact) mass is 476 g/mol. The average Bonchev–Trinajstić information content (AvgIpc) is 2.75. The SMILES string of the molecule is COc1ccc(Oc2ccc(Cl)cc2NC(=O)c2cc([N+](=O)[O-])cc(S(C)(=O)=O)c2)cc1. The first-order valence-corrected chi connectivity index (χ1v) is 11.3. The van der Waals surface area contributed by atoms with Gasteiger partial charge in [0, 0.05) is 29.0 Å². The minimum Gasteiger partial charge on any atom is -0.497 e. The standard InChI is InChI=1S/C21H17ClN2O7S/c1-30-16-4-6-17(7-5-16)31-20-8-3-14(22)11-19(20)23-21(25)13-9-15(24(26)27)12-18(10-13)32(2,28)29/h3-12H,1-2H3,(H,23,25). The zero-order valence-electron chi connectivity index (χ0n) is 16.9. The second kappa shape index (κ2) is 9.25. The fourth-order valence-electron chi connectivity index (χ4n) is 2.69. The van der Waals surface area contributed by atoms with E-state index in [1.54, 1.807) is 30.3 Å². The van der Waals surface area contributed by atoms with Gasteiger partial charge in [-0.1, -0.05) is 11.6 Å². The van der Waals surface area contributed by atoms with Crippen LogP contribution in [0.3, 0.4) is 0 Å². The largest absolute Gasteiger partial charge is 0.497 e. The van der Waals surface area contributed by atoms with Gasteiger partial charge in [0.15, 0.2) is 15.6 Å². The third-order valence-electron chi connectivity index (χ3n) is 4.27. The number of nitro benzene ring substituents is 1. The summed E-state index contributed by atoms with van der Waals surface area (Å²) < 4.78 is 34.7. The number of rotatable bonds is 7. The molecule has 0 bridgehead atoms. The van der Waals surface area contributed by atoms with Gasteiger partial charge in [0.2, 0.25) is 0 Å². The highest BCUT2D eigenvalue weighted by Gasteiger charge is 2.20. The first-order valence-electron chi connectivity index (χ1n) is 8.99. The third kappa shape index (κ3) is 5.54. The molecule has 11 heteroatoms. The summed E-state index contributed by atoms with van der Waals surface area (Å²) in [5.74, 6) is 0.565. The second-order valence-electron chi connectivity index (χ2n) is 6.62. The van der Waals surface area contributed by atoms with Crippen molar-refractivity contribution < 1.29 is 27.6 Å². The van der Waals surface area contributed by atoms with E-state index >= 15 is 0 Å². The molecule has 0 aliphatic rings. The molecule has 32 heavy (non-hydrogen) atoms. The van der Waals surface area contributed by atoms with Crippen LogP contribution in [0.5, 0.6) is 17.2 Å². The summed E-state index contributed by atoms with van der Waals surface area (Å²) >= 11 is 6.05. The van der Waals surface area contributed by atoms with Gasteiger partial charge < -0.3 is 14.8 Å². The zero-order valence-corrected chi connectivity index (χ0v) is 18.4. The summed E-state index contributed by atoms with van der Waals surface area (Å²) in [7, 11) is -2.26. The smallest absolute Gasteiger partial charge is 0.271 e. The van der Waals surface area contributed by atoms with Crippen LogP contribution in [0.25, 0.3) is 0 Å². The van der Waals surface area contributed by atoms with E-state index in [-0.39, 0.29) is 21.9 Å².